The number of hydrogen-bond acceptors (Lipinski definition) is 5. The van der Waals surface area contributed by atoms with Crippen LogP contribution >= 0.6 is 11.8 Å². The minimum absolute atomic E-state index is 0.298. The van der Waals surface area contributed by atoms with Crippen LogP contribution in [0, 0.1) is 6.92 Å². The van der Waals surface area contributed by atoms with Gasteiger partial charge in [0.15, 0.2) is 0 Å². The van der Waals surface area contributed by atoms with E-state index in [1.807, 2.05) is 0 Å². The number of halogens is 3. The van der Waals surface area contributed by atoms with Crippen molar-refractivity contribution < 1.29 is 22.5 Å². The van der Waals surface area contributed by atoms with E-state index in [9.17, 15) is 18.0 Å². The van der Waals surface area contributed by atoms with E-state index < -0.39 is 17.8 Å². The number of hydrogen-bond donors (Lipinski definition) is 1. The van der Waals surface area contributed by atoms with E-state index in [2.05, 4.69) is 15.5 Å². The van der Waals surface area contributed by atoms with Gasteiger partial charge in [-0.3, -0.25) is 4.79 Å². The van der Waals surface area contributed by atoms with Crippen LogP contribution in [-0.4, -0.2) is 28.0 Å². The second-order valence-corrected chi connectivity index (χ2v) is 7.69. The zero-order valence-electron chi connectivity index (χ0n) is 14.8. The Bertz CT molecular complexity index is 1040. The number of nitrogens with one attached hydrogen (secondary N) is 1. The molecule has 0 saturated heterocycles. The summed E-state index contributed by atoms with van der Waals surface area (Å²) in [6.07, 6.45) is -2.29. The molecule has 2 heterocycles. The molecule has 9 heteroatoms. The Morgan fingerprint density at radius 2 is 2.07 bits per heavy atom. The second kappa shape index (κ2) is 7.12. The van der Waals surface area contributed by atoms with Gasteiger partial charge in [0.1, 0.15) is 0 Å². The molecule has 1 N–H and O–H groups in total. The summed E-state index contributed by atoms with van der Waals surface area (Å²) in [5, 5.41) is 7.14. The molecular formula is C19H16F3N3O2S. The molecule has 1 aliphatic rings. The van der Waals surface area contributed by atoms with Crippen molar-refractivity contribution in [2.75, 3.05) is 11.1 Å². The van der Waals surface area contributed by atoms with Crippen LogP contribution in [0.15, 0.2) is 39.8 Å². The summed E-state index contributed by atoms with van der Waals surface area (Å²) in [7, 11) is 0. The minimum Gasteiger partial charge on any atom is -0.336 e. The van der Waals surface area contributed by atoms with Gasteiger partial charge in [-0.05, 0) is 38.0 Å². The van der Waals surface area contributed by atoms with Gasteiger partial charge < -0.3 is 9.84 Å². The predicted molar refractivity (Wildman–Crippen MR) is 99.7 cm³/mol. The fourth-order valence-electron chi connectivity index (χ4n) is 2.93. The number of aromatic nitrogens is 2. The zero-order chi connectivity index (χ0) is 19.9. The predicted octanol–water partition coefficient (Wildman–Crippen LogP) is 5.32. The van der Waals surface area contributed by atoms with E-state index in [4.69, 9.17) is 4.52 Å². The van der Waals surface area contributed by atoms with Gasteiger partial charge in [0, 0.05) is 16.5 Å². The Morgan fingerprint density at radius 1 is 1.32 bits per heavy atom. The first-order valence-electron chi connectivity index (χ1n) is 8.68. The summed E-state index contributed by atoms with van der Waals surface area (Å²) < 4.78 is 43.0. The first-order valence-corrected chi connectivity index (χ1v) is 9.67. The van der Waals surface area contributed by atoms with Crippen LogP contribution in [0.3, 0.4) is 0 Å². The first-order chi connectivity index (χ1) is 13.3. The number of carbonyl (C=O) groups is 1. The van der Waals surface area contributed by atoms with Crippen molar-refractivity contribution in [2.24, 2.45) is 0 Å². The highest BCUT2D eigenvalue weighted by Crippen LogP contribution is 2.40. The van der Waals surface area contributed by atoms with Crippen LogP contribution in [0.25, 0.3) is 11.1 Å². The second-order valence-electron chi connectivity index (χ2n) is 6.67. The molecule has 5 nitrogen and oxygen atoms in total. The third kappa shape index (κ3) is 3.99. The maximum absolute atomic E-state index is 13.0. The molecule has 4 rings (SSSR count). The van der Waals surface area contributed by atoms with Gasteiger partial charge in [0.25, 0.3) is 11.6 Å². The van der Waals surface area contributed by atoms with Gasteiger partial charge in [-0.15, -0.1) is 11.8 Å². The van der Waals surface area contributed by atoms with Crippen molar-refractivity contribution in [2.45, 2.75) is 36.8 Å². The zero-order valence-corrected chi connectivity index (χ0v) is 15.7. The van der Waals surface area contributed by atoms with Crippen molar-refractivity contribution in [3.05, 3.63) is 47.3 Å². The number of benzene rings is 1. The van der Waals surface area contributed by atoms with Gasteiger partial charge in [-0.25, -0.2) is 4.98 Å². The van der Waals surface area contributed by atoms with Crippen LogP contribution in [0.1, 0.15) is 40.5 Å². The SMILES string of the molecule is Cc1noc2nc(C3CC3)cc(C(=O)Nc3ccccc3SCC(F)(F)F)c12. The number of thioether (sulfide) groups is 1. The minimum atomic E-state index is -4.29. The Labute approximate surface area is 162 Å². The lowest BCUT2D eigenvalue weighted by Gasteiger charge is -2.12. The summed E-state index contributed by atoms with van der Waals surface area (Å²) in [5.41, 5.74) is 2.30. The quantitative estimate of drug-likeness (QED) is 0.580. The lowest BCUT2D eigenvalue weighted by Crippen LogP contribution is -2.15. The fraction of sp³-hybridized carbons (Fsp3) is 0.316. The van der Waals surface area contributed by atoms with Crippen molar-refractivity contribution in [3.63, 3.8) is 0 Å². The highest BCUT2D eigenvalue weighted by Gasteiger charge is 2.30. The maximum Gasteiger partial charge on any atom is 0.398 e. The van der Waals surface area contributed by atoms with E-state index in [-0.39, 0.29) is 0 Å². The summed E-state index contributed by atoms with van der Waals surface area (Å²) in [4.78, 5) is 17.8. The van der Waals surface area contributed by atoms with Crippen LogP contribution in [0.2, 0.25) is 0 Å². The topological polar surface area (TPSA) is 68.0 Å². The molecule has 3 aromatic rings. The average molecular weight is 407 g/mol. The van der Waals surface area contributed by atoms with Gasteiger partial charge >= 0.3 is 6.18 Å². The maximum atomic E-state index is 13.0. The third-order valence-corrected chi connectivity index (χ3v) is 5.54. The normalized spacial score (nSPS) is 14.4. The number of rotatable bonds is 5. The van der Waals surface area contributed by atoms with E-state index >= 15 is 0 Å². The molecule has 0 spiro atoms. The number of para-hydroxylation sites is 1. The van der Waals surface area contributed by atoms with E-state index in [1.165, 1.54) is 0 Å². The molecular weight excluding hydrogens is 391 g/mol. The van der Waals surface area contributed by atoms with Crippen LogP contribution in [0.5, 0.6) is 0 Å². The molecule has 146 valence electrons. The highest BCUT2D eigenvalue weighted by molar-refractivity contribution is 7.99. The molecule has 1 fully saturated rings. The van der Waals surface area contributed by atoms with E-state index in [0.29, 0.717) is 50.6 Å². The van der Waals surface area contributed by atoms with Crippen molar-refractivity contribution in [3.8, 4) is 0 Å². The lowest BCUT2D eigenvalue weighted by molar-refractivity contribution is -0.105. The highest BCUT2D eigenvalue weighted by atomic mass is 32.2. The van der Waals surface area contributed by atoms with Gasteiger partial charge in [0.2, 0.25) is 0 Å². The largest absolute Gasteiger partial charge is 0.398 e. The Morgan fingerprint density at radius 3 is 2.79 bits per heavy atom. The van der Waals surface area contributed by atoms with E-state index in [1.54, 1.807) is 37.3 Å². The molecule has 0 aliphatic heterocycles. The molecule has 0 bridgehead atoms. The van der Waals surface area contributed by atoms with Crippen LogP contribution in [0.4, 0.5) is 18.9 Å². The van der Waals surface area contributed by atoms with Crippen LogP contribution in [-0.2, 0) is 0 Å². The monoisotopic (exact) mass is 407 g/mol. The van der Waals surface area contributed by atoms with E-state index in [0.717, 1.165) is 18.5 Å². The molecule has 0 radical (unpaired) electrons. The van der Waals surface area contributed by atoms with Crippen molar-refractivity contribution in [1.29, 1.82) is 0 Å². The smallest absolute Gasteiger partial charge is 0.336 e. The number of nitrogens with zero attached hydrogens (tertiary/aromatic N) is 2. The van der Waals surface area contributed by atoms with Gasteiger partial charge in [-0.2, -0.15) is 13.2 Å². The molecule has 1 aliphatic carbocycles. The molecule has 0 unspecified atom stereocenters. The first kappa shape index (κ1) is 18.8. The van der Waals surface area contributed by atoms with Gasteiger partial charge in [0.05, 0.1) is 28.1 Å². The standard InChI is InChI=1S/C19H16F3N3O2S/c1-10-16-12(8-14(11-6-7-11)24-18(16)27-25-10)17(26)23-13-4-2-3-5-15(13)28-9-19(20,21)22/h2-5,8,11H,6-7,9H2,1H3,(H,23,26). The number of pyridine rings is 1. The summed E-state index contributed by atoms with van der Waals surface area (Å²) in [6.45, 7) is 1.72. The summed E-state index contributed by atoms with van der Waals surface area (Å²) >= 11 is 0.635. The number of anilines is 1. The van der Waals surface area contributed by atoms with Crippen molar-refractivity contribution in [1.82, 2.24) is 10.1 Å². The summed E-state index contributed by atoms with van der Waals surface area (Å²) in [6, 6.07) is 8.15. The molecule has 1 aromatic carbocycles. The fourth-order valence-corrected chi connectivity index (χ4v) is 3.69. The van der Waals surface area contributed by atoms with Crippen LogP contribution < -0.4 is 5.32 Å². The number of amides is 1. The number of carbonyl (C=O) groups excluding carboxylic acids is 1. The van der Waals surface area contributed by atoms with Gasteiger partial charge in [-0.1, -0.05) is 17.3 Å². The number of aryl methyl sites for hydroxylation is 1. The molecule has 1 saturated carbocycles. The van der Waals surface area contributed by atoms with Crippen molar-refractivity contribution >= 4 is 34.5 Å². The number of alkyl halides is 3. The number of fused-ring (bicyclic) bond motifs is 1. The molecule has 1 amide bonds. The third-order valence-electron chi connectivity index (χ3n) is 4.40. The average Bonchev–Trinajstić information content (AvgIpc) is 3.43. The molecule has 28 heavy (non-hydrogen) atoms. The Kier molecular flexibility index (Phi) is 4.78. The lowest BCUT2D eigenvalue weighted by atomic mass is 10.1. The molecule has 0 atom stereocenters. The Balaban J connectivity index is 1.65. The molecule has 2 aromatic heterocycles. The Hall–Kier alpha value is -2.55. The summed E-state index contributed by atoms with van der Waals surface area (Å²) in [5.74, 6) is -1.16.